The zero-order chi connectivity index (χ0) is 19.6. The third-order valence-corrected chi connectivity index (χ3v) is 4.09. The molecule has 27 heavy (non-hydrogen) atoms. The predicted octanol–water partition coefficient (Wildman–Crippen LogP) is 3.14. The van der Waals surface area contributed by atoms with Gasteiger partial charge in [-0.2, -0.15) is 0 Å². The fraction of sp³-hybridized carbons (Fsp3) is 0.0526. The predicted molar refractivity (Wildman–Crippen MR) is 101 cm³/mol. The number of nitrogens with zero attached hydrogens (tertiary/aromatic N) is 1. The average Bonchev–Trinajstić information content (AvgIpc) is 2.67. The van der Waals surface area contributed by atoms with Crippen LogP contribution in [0.1, 0.15) is 32.1 Å². The first-order valence-corrected chi connectivity index (χ1v) is 8.10. The zero-order valence-corrected chi connectivity index (χ0v) is 14.8. The van der Waals surface area contributed by atoms with Crippen molar-refractivity contribution in [2.24, 2.45) is 0 Å². The Bertz CT molecular complexity index is 1130. The van der Waals surface area contributed by atoms with Crippen molar-refractivity contribution >= 4 is 45.6 Å². The molecule has 0 spiro atoms. The van der Waals surface area contributed by atoms with Crippen LogP contribution < -0.4 is 5.56 Å². The molecule has 0 aliphatic rings. The number of aromatic amines is 1. The molecular formula is C19H13ClN2O5. The summed E-state index contributed by atoms with van der Waals surface area (Å²) in [6.07, 6.45) is 1.54. The molecule has 7 nitrogen and oxygen atoms in total. The summed E-state index contributed by atoms with van der Waals surface area (Å²) in [6, 6.07) is 10.5. The minimum atomic E-state index is -1.03. The van der Waals surface area contributed by atoms with E-state index >= 15 is 0 Å². The first-order chi connectivity index (χ1) is 12.9. The maximum atomic E-state index is 12.3. The van der Waals surface area contributed by atoms with Crippen LogP contribution in [0.4, 0.5) is 0 Å². The molecule has 0 bridgehead atoms. The zero-order valence-electron chi connectivity index (χ0n) is 14.0. The Morgan fingerprint density at radius 3 is 2.44 bits per heavy atom. The molecule has 0 unspecified atom stereocenters. The highest BCUT2D eigenvalue weighted by Gasteiger charge is 2.11. The number of ether oxygens (including phenoxy) is 1. The molecule has 3 rings (SSSR count). The number of nitrogens with one attached hydrogen (secondary N) is 1. The van der Waals surface area contributed by atoms with E-state index in [-0.39, 0.29) is 22.0 Å². The van der Waals surface area contributed by atoms with Gasteiger partial charge in [-0.1, -0.05) is 23.7 Å². The lowest BCUT2D eigenvalue weighted by Crippen LogP contribution is -2.11. The number of carboxylic acids is 1. The highest BCUT2D eigenvalue weighted by Crippen LogP contribution is 2.21. The van der Waals surface area contributed by atoms with Crippen molar-refractivity contribution in [1.82, 2.24) is 9.97 Å². The van der Waals surface area contributed by atoms with E-state index in [1.165, 1.54) is 37.4 Å². The minimum absolute atomic E-state index is 0.124. The summed E-state index contributed by atoms with van der Waals surface area (Å²) in [6.45, 7) is 0. The Kier molecular flexibility index (Phi) is 5.05. The van der Waals surface area contributed by atoms with Crippen LogP contribution in [0.3, 0.4) is 0 Å². The first-order valence-electron chi connectivity index (χ1n) is 7.72. The third-order valence-electron chi connectivity index (χ3n) is 3.80. The van der Waals surface area contributed by atoms with E-state index in [0.717, 1.165) is 0 Å². The summed E-state index contributed by atoms with van der Waals surface area (Å²) >= 11 is 6.27. The Morgan fingerprint density at radius 1 is 1.15 bits per heavy atom. The summed E-state index contributed by atoms with van der Waals surface area (Å²) in [5.74, 6) is -1.45. The second-order valence-corrected chi connectivity index (χ2v) is 5.96. The molecule has 0 aliphatic heterocycles. The van der Waals surface area contributed by atoms with Crippen LogP contribution >= 0.6 is 11.6 Å². The van der Waals surface area contributed by atoms with Gasteiger partial charge in [0.25, 0.3) is 5.56 Å². The van der Waals surface area contributed by atoms with Gasteiger partial charge in [-0.3, -0.25) is 4.79 Å². The molecule has 8 heteroatoms. The van der Waals surface area contributed by atoms with Crippen molar-refractivity contribution in [3.63, 3.8) is 0 Å². The highest BCUT2D eigenvalue weighted by molar-refractivity contribution is 6.50. The van der Waals surface area contributed by atoms with Crippen LogP contribution in [0.5, 0.6) is 0 Å². The van der Waals surface area contributed by atoms with Crippen molar-refractivity contribution in [1.29, 1.82) is 0 Å². The molecule has 0 saturated carbocycles. The summed E-state index contributed by atoms with van der Waals surface area (Å²) < 4.78 is 4.67. The molecule has 3 aromatic rings. The van der Waals surface area contributed by atoms with Gasteiger partial charge in [0.1, 0.15) is 0 Å². The van der Waals surface area contributed by atoms with Crippen molar-refractivity contribution in [3.8, 4) is 0 Å². The van der Waals surface area contributed by atoms with Crippen LogP contribution in [0.15, 0.2) is 47.3 Å². The first kappa shape index (κ1) is 18.3. The van der Waals surface area contributed by atoms with Crippen LogP contribution in [0, 0.1) is 0 Å². The maximum Gasteiger partial charge on any atom is 0.337 e. The van der Waals surface area contributed by atoms with Crippen molar-refractivity contribution < 1.29 is 19.4 Å². The molecule has 0 fully saturated rings. The molecule has 0 radical (unpaired) electrons. The molecule has 2 aromatic carbocycles. The second kappa shape index (κ2) is 7.43. The van der Waals surface area contributed by atoms with Crippen LogP contribution in [0.2, 0.25) is 0 Å². The van der Waals surface area contributed by atoms with Gasteiger partial charge in [0.2, 0.25) is 0 Å². The van der Waals surface area contributed by atoms with Gasteiger partial charge in [-0.05, 0) is 42.0 Å². The number of rotatable bonds is 4. The number of carbonyl (C=O) groups excluding carboxylic acids is 1. The number of esters is 1. The summed E-state index contributed by atoms with van der Waals surface area (Å²) in [7, 11) is 1.26. The Hall–Kier alpha value is -3.45. The fourth-order valence-corrected chi connectivity index (χ4v) is 2.65. The van der Waals surface area contributed by atoms with Crippen molar-refractivity contribution in [2.45, 2.75) is 0 Å². The van der Waals surface area contributed by atoms with Gasteiger partial charge < -0.3 is 14.8 Å². The quantitative estimate of drug-likeness (QED) is 0.669. The SMILES string of the molecule is COC(=O)c1ccc2c(=O)[nH]c(C(Cl)=Cc3ccc(C(=O)O)cc3)nc2c1. The van der Waals surface area contributed by atoms with Crippen LogP contribution in [0.25, 0.3) is 22.0 Å². The maximum absolute atomic E-state index is 12.3. The second-order valence-electron chi connectivity index (χ2n) is 5.56. The number of halogens is 1. The average molecular weight is 385 g/mol. The summed E-state index contributed by atoms with van der Waals surface area (Å²) in [5.41, 5.74) is 0.939. The topological polar surface area (TPSA) is 109 Å². The van der Waals surface area contributed by atoms with E-state index in [1.807, 2.05) is 0 Å². The standard InChI is InChI=1S/C19H13ClN2O5/c1-27-19(26)12-6-7-13-15(9-12)21-16(22-17(13)23)14(20)8-10-2-4-11(5-3-10)18(24)25/h2-9H,1H3,(H,24,25)(H,21,22,23). The third kappa shape index (κ3) is 3.88. The van der Waals surface area contributed by atoms with Gasteiger partial charge in [0, 0.05) is 0 Å². The summed E-state index contributed by atoms with van der Waals surface area (Å²) in [4.78, 5) is 41.7. The van der Waals surface area contributed by atoms with Crippen molar-refractivity contribution in [3.05, 3.63) is 75.3 Å². The van der Waals surface area contributed by atoms with Crippen LogP contribution in [-0.4, -0.2) is 34.1 Å². The number of fused-ring (bicyclic) bond motifs is 1. The normalized spacial score (nSPS) is 11.4. The molecule has 136 valence electrons. The summed E-state index contributed by atoms with van der Waals surface area (Å²) in [5, 5.41) is 9.38. The number of hydrogen-bond donors (Lipinski definition) is 2. The Morgan fingerprint density at radius 2 is 1.81 bits per heavy atom. The molecule has 0 saturated heterocycles. The number of methoxy groups -OCH3 is 1. The highest BCUT2D eigenvalue weighted by atomic mass is 35.5. The van der Waals surface area contributed by atoms with E-state index in [1.54, 1.807) is 18.2 Å². The lowest BCUT2D eigenvalue weighted by molar-refractivity contribution is 0.0600. The smallest absolute Gasteiger partial charge is 0.337 e. The van der Waals surface area contributed by atoms with Gasteiger partial charge in [-0.25, -0.2) is 14.6 Å². The molecular weight excluding hydrogens is 372 g/mol. The van der Waals surface area contributed by atoms with Gasteiger partial charge >= 0.3 is 11.9 Å². The number of carboxylic acid groups (broad SMARTS) is 1. The number of benzene rings is 2. The van der Waals surface area contributed by atoms with Crippen LogP contribution in [-0.2, 0) is 4.74 Å². The van der Waals surface area contributed by atoms with E-state index < -0.39 is 17.5 Å². The van der Waals surface area contributed by atoms with Crippen molar-refractivity contribution in [2.75, 3.05) is 7.11 Å². The number of carbonyl (C=O) groups is 2. The molecule has 0 amide bonds. The molecule has 1 heterocycles. The number of aromatic nitrogens is 2. The number of H-pyrrole nitrogens is 1. The Balaban J connectivity index is 2.03. The number of aromatic carboxylic acids is 1. The number of hydrogen-bond acceptors (Lipinski definition) is 5. The van der Waals surface area contributed by atoms with E-state index in [9.17, 15) is 14.4 Å². The van der Waals surface area contributed by atoms with Gasteiger partial charge in [0.15, 0.2) is 5.82 Å². The molecule has 0 atom stereocenters. The molecule has 1 aromatic heterocycles. The molecule has 0 aliphatic carbocycles. The molecule has 2 N–H and O–H groups in total. The van der Waals surface area contributed by atoms with E-state index in [4.69, 9.17) is 16.7 Å². The lowest BCUT2D eigenvalue weighted by Gasteiger charge is -2.04. The lowest BCUT2D eigenvalue weighted by atomic mass is 10.1. The Labute approximate surface area is 157 Å². The van der Waals surface area contributed by atoms with E-state index in [0.29, 0.717) is 16.5 Å². The van der Waals surface area contributed by atoms with E-state index in [2.05, 4.69) is 14.7 Å². The largest absolute Gasteiger partial charge is 0.478 e. The van der Waals surface area contributed by atoms with Gasteiger partial charge in [-0.15, -0.1) is 0 Å². The monoisotopic (exact) mass is 384 g/mol. The van der Waals surface area contributed by atoms with Gasteiger partial charge in [0.05, 0.1) is 34.2 Å². The fourth-order valence-electron chi connectivity index (χ4n) is 2.43. The minimum Gasteiger partial charge on any atom is -0.478 e.